The van der Waals surface area contributed by atoms with Crippen LogP contribution in [-0.4, -0.2) is 23.6 Å². The molecule has 0 aliphatic carbocycles. The summed E-state index contributed by atoms with van der Waals surface area (Å²) in [5, 5.41) is 0. The molecule has 0 heterocycles. The smallest absolute Gasteiger partial charge is 0.313 e. The molecule has 0 aliphatic rings. The van der Waals surface area contributed by atoms with Gasteiger partial charge in [0.15, 0.2) is 0 Å². The lowest BCUT2D eigenvalue weighted by atomic mass is 10.3. The molecule has 0 rings (SSSR count). The molecular weight excluding hydrogens is 164 g/mol. The van der Waals surface area contributed by atoms with Gasteiger partial charge in [-0.1, -0.05) is 0 Å². The number of carbonyl (C=O) groups is 2. The van der Waals surface area contributed by atoms with Crippen molar-refractivity contribution in [1.82, 2.24) is 0 Å². The lowest BCUT2D eigenvalue weighted by molar-refractivity contribution is -0.148. The van der Waals surface area contributed by atoms with E-state index in [0.29, 0.717) is 5.75 Å². The number of esters is 1. The first-order valence-corrected chi connectivity index (χ1v) is 3.99. The van der Waals surface area contributed by atoms with Gasteiger partial charge in [0, 0.05) is 5.75 Å². The fourth-order valence-corrected chi connectivity index (χ4v) is 0.581. The van der Waals surface area contributed by atoms with Gasteiger partial charge in [-0.15, -0.1) is 0 Å². The highest BCUT2D eigenvalue weighted by Crippen LogP contribution is 1.96. The Balaban J connectivity index is 3.60. The van der Waals surface area contributed by atoms with Gasteiger partial charge >= 0.3 is 5.97 Å². The Hall–Kier alpha value is -0.510. The summed E-state index contributed by atoms with van der Waals surface area (Å²) in [5.74, 6) is -0.177. The Morgan fingerprint density at radius 3 is 2.45 bits per heavy atom. The molecule has 0 aromatic carbocycles. The van der Waals surface area contributed by atoms with Gasteiger partial charge in [-0.3, -0.25) is 9.59 Å². The van der Waals surface area contributed by atoms with Crippen molar-refractivity contribution in [2.75, 3.05) is 5.75 Å². The van der Waals surface area contributed by atoms with E-state index in [2.05, 4.69) is 12.6 Å². The maximum absolute atomic E-state index is 10.7. The highest BCUT2D eigenvalue weighted by atomic mass is 32.1. The fourth-order valence-electron chi connectivity index (χ4n) is 0.507. The molecule has 0 aromatic rings. The van der Waals surface area contributed by atoms with E-state index in [1.54, 1.807) is 6.92 Å². The second-order valence-electron chi connectivity index (χ2n) is 2.36. The number of hydrogen-bond donors (Lipinski definition) is 1. The minimum absolute atomic E-state index is 0.141. The third kappa shape index (κ3) is 5.91. The van der Waals surface area contributed by atoms with E-state index >= 15 is 0 Å². The van der Waals surface area contributed by atoms with Crippen LogP contribution in [-0.2, 0) is 14.3 Å². The lowest BCUT2D eigenvalue weighted by Gasteiger charge is -2.08. The Labute approximate surface area is 71.5 Å². The average Bonchev–Trinajstić information content (AvgIpc) is 1.85. The molecule has 1 unspecified atom stereocenters. The summed E-state index contributed by atoms with van der Waals surface area (Å²) in [5.41, 5.74) is 0. The minimum Gasteiger partial charge on any atom is -0.461 e. The van der Waals surface area contributed by atoms with E-state index in [4.69, 9.17) is 4.74 Å². The summed E-state index contributed by atoms with van der Waals surface area (Å²) in [6.45, 7) is 3.08. The molecule has 64 valence electrons. The van der Waals surface area contributed by atoms with Crippen molar-refractivity contribution in [3.63, 3.8) is 0 Å². The summed E-state index contributed by atoms with van der Waals surface area (Å²) in [6.07, 6.45) is -0.358. The fraction of sp³-hybridized carbons (Fsp3) is 0.714. The van der Waals surface area contributed by atoms with Gasteiger partial charge in [0.05, 0.1) is 0 Å². The summed E-state index contributed by atoms with van der Waals surface area (Å²) in [4.78, 5) is 21.1. The van der Waals surface area contributed by atoms with Crippen molar-refractivity contribution in [3.8, 4) is 0 Å². The lowest BCUT2D eigenvalue weighted by Crippen LogP contribution is -2.17. The zero-order valence-electron chi connectivity index (χ0n) is 6.66. The second kappa shape index (κ2) is 5.18. The first kappa shape index (κ1) is 10.5. The number of thiol groups is 1. The third-order valence-corrected chi connectivity index (χ3v) is 1.50. The highest BCUT2D eigenvalue weighted by molar-refractivity contribution is 7.80. The van der Waals surface area contributed by atoms with Crippen LogP contribution in [0.3, 0.4) is 0 Å². The summed E-state index contributed by atoms with van der Waals surface area (Å²) in [6, 6.07) is 0. The molecule has 3 nitrogen and oxygen atoms in total. The van der Waals surface area contributed by atoms with E-state index in [9.17, 15) is 9.59 Å². The van der Waals surface area contributed by atoms with Gasteiger partial charge in [0.1, 0.15) is 18.3 Å². The summed E-state index contributed by atoms with van der Waals surface area (Å²) >= 11 is 3.92. The average molecular weight is 176 g/mol. The van der Waals surface area contributed by atoms with E-state index in [1.807, 2.05) is 0 Å². The standard InChI is InChI=1S/C7H12O3S/c1-5(8)3-7(9)10-6(2)4-11/h6,11H,3-4H2,1-2H3. The molecule has 0 N–H and O–H groups in total. The normalized spacial score (nSPS) is 12.3. The van der Waals surface area contributed by atoms with Crippen molar-refractivity contribution in [3.05, 3.63) is 0 Å². The Morgan fingerprint density at radius 2 is 2.09 bits per heavy atom. The van der Waals surface area contributed by atoms with Crippen molar-refractivity contribution < 1.29 is 14.3 Å². The van der Waals surface area contributed by atoms with Crippen LogP contribution in [0.2, 0.25) is 0 Å². The predicted octanol–water partition coefficient (Wildman–Crippen LogP) is 0.827. The Morgan fingerprint density at radius 1 is 1.55 bits per heavy atom. The number of rotatable bonds is 4. The molecular formula is C7H12O3S. The molecule has 0 saturated carbocycles. The van der Waals surface area contributed by atoms with Gasteiger partial charge in [-0.25, -0.2) is 0 Å². The molecule has 0 aromatic heterocycles. The van der Waals surface area contributed by atoms with Crippen LogP contribution in [0.1, 0.15) is 20.3 Å². The number of hydrogen-bond acceptors (Lipinski definition) is 4. The Bertz CT molecular complexity index is 156. The maximum atomic E-state index is 10.7. The second-order valence-corrected chi connectivity index (χ2v) is 2.73. The number of carbonyl (C=O) groups excluding carboxylic acids is 2. The van der Waals surface area contributed by atoms with Gasteiger partial charge in [0.2, 0.25) is 0 Å². The molecule has 0 bridgehead atoms. The van der Waals surface area contributed by atoms with Crippen molar-refractivity contribution in [2.45, 2.75) is 26.4 Å². The maximum Gasteiger partial charge on any atom is 0.313 e. The van der Waals surface area contributed by atoms with Gasteiger partial charge in [-0.05, 0) is 13.8 Å². The number of ketones is 1. The predicted molar refractivity (Wildman–Crippen MR) is 44.7 cm³/mol. The molecule has 0 radical (unpaired) electrons. The number of Topliss-reactive ketones (excluding diaryl/α,β-unsaturated/α-hetero) is 1. The molecule has 4 heteroatoms. The van der Waals surface area contributed by atoms with Crippen molar-refractivity contribution >= 4 is 24.4 Å². The highest BCUT2D eigenvalue weighted by Gasteiger charge is 2.09. The van der Waals surface area contributed by atoms with Crippen LogP contribution in [0.5, 0.6) is 0 Å². The van der Waals surface area contributed by atoms with E-state index in [1.165, 1.54) is 6.92 Å². The molecule has 0 amide bonds. The summed E-state index contributed by atoms with van der Waals surface area (Å²) in [7, 11) is 0. The first-order chi connectivity index (χ1) is 5.06. The zero-order chi connectivity index (χ0) is 8.85. The third-order valence-electron chi connectivity index (χ3n) is 0.983. The number of ether oxygens (including phenoxy) is 1. The van der Waals surface area contributed by atoms with E-state index < -0.39 is 5.97 Å². The summed E-state index contributed by atoms with van der Waals surface area (Å²) < 4.78 is 4.77. The van der Waals surface area contributed by atoms with Gasteiger partial charge < -0.3 is 4.74 Å². The van der Waals surface area contributed by atoms with Crippen LogP contribution in [0.15, 0.2) is 0 Å². The molecule has 0 saturated heterocycles. The van der Waals surface area contributed by atoms with Gasteiger partial charge in [0.25, 0.3) is 0 Å². The van der Waals surface area contributed by atoms with Gasteiger partial charge in [-0.2, -0.15) is 12.6 Å². The van der Waals surface area contributed by atoms with Crippen molar-refractivity contribution in [1.29, 1.82) is 0 Å². The van der Waals surface area contributed by atoms with Crippen LogP contribution in [0.4, 0.5) is 0 Å². The van der Waals surface area contributed by atoms with E-state index in [0.717, 1.165) is 0 Å². The Kier molecular flexibility index (Phi) is 4.94. The van der Waals surface area contributed by atoms with E-state index in [-0.39, 0.29) is 18.3 Å². The molecule has 11 heavy (non-hydrogen) atoms. The minimum atomic E-state index is -0.473. The largest absolute Gasteiger partial charge is 0.461 e. The molecule has 1 atom stereocenters. The SMILES string of the molecule is CC(=O)CC(=O)OC(C)CS. The molecule has 0 fully saturated rings. The van der Waals surface area contributed by atoms with Crippen molar-refractivity contribution in [2.24, 2.45) is 0 Å². The van der Waals surface area contributed by atoms with Crippen LogP contribution in [0.25, 0.3) is 0 Å². The zero-order valence-corrected chi connectivity index (χ0v) is 7.56. The topological polar surface area (TPSA) is 43.4 Å². The van der Waals surface area contributed by atoms with Crippen LogP contribution >= 0.6 is 12.6 Å². The van der Waals surface area contributed by atoms with Crippen LogP contribution in [0, 0.1) is 0 Å². The monoisotopic (exact) mass is 176 g/mol. The molecule has 0 aliphatic heterocycles. The molecule has 0 spiro atoms. The quantitative estimate of drug-likeness (QED) is 0.392. The first-order valence-electron chi connectivity index (χ1n) is 3.36. The van der Waals surface area contributed by atoms with Crippen LogP contribution < -0.4 is 0 Å².